The maximum atomic E-state index is 11.2. The topological polar surface area (TPSA) is 80.8 Å². The average Bonchev–Trinajstić information content (AvgIpc) is 2.87. The monoisotopic (exact) mass is 306 g/mol. The highest BCUT2D eigenvalue weighted by Gasteiger charge is 2.12. The summed E-state index contributed by atoms with van der Waals surface area (Å²) in [6.45, 7) is 0. The number of carbonyl (C=O) groups excluding carboxylic acids is 1. The Morgan fingerprint density at radius 1 is 1.56 bits per heavy atom. The maximum absolute atomic E-state index is 11.2. The summed E-state index contributed by atoms with van der Waals surface area (Å²) in [6, 6.07) is 7.12. The van der Waals surface area contributed by atoms with Gasteiger partial charge in [0.15, 0.2) is 0 Å². The van der Waals surface area contributed by atoms with Gasteiger partial charge in [-0.2, -0.15) is 5.26 Å². The molecule has 1 aromatic heterocycles. The Bertz CT molecular complexity index is 645. The minimum atomic E-state index is -0.596. The average molecular weight is 307 g/mol. The molecule has 1 aromatic carbocycles. The van der Waals surface area contributed by atoms with Crippen LogP contribution in [-0.4, -0.2) is 27.8 Å². The van der Waals surface area contributed by atoms with Gasteiger partial charge in [0.05, 0.1) is 18.4 Å². The van der Waals surface area contributed by atoms with Gasteiger partial charge in [0, 0.05) is 4.47 Å². The van der Waals surface area contributed by atoms with Crippen molar-refractivity contribution in [1.82, 2.24) is 14.8 Å². The van der Waals surface area contributed by atoms with Crippen molar-refractivity contribution in [1.29, 1.82) is 5.26 Å². The number of nitriles is 1. The van der Waals surface area contributed by atoms with Crippen LogP contribution in [0.5, 0.6) is 0 Å². The van der Waals surface area contributed by atoms with Crippen LogP contribution in [-0.2, 0) is 4.74 Å². The molecule has 6 nitrogen and oxygen atoms in total. The van der Waals surface area contributed by atoms with Crippen molar-refractivity contribution in [3.63, 3.8) is 0 Å². The third kappa shape index (κ3) is 2.24. The first-order chi connectivity index (χ1) is 8.65. The number of rotatable bonds is 2. The Kier molecular flexibility index (Phi) is 3.39. The number of nitrogens with zero attached hydrogens (tertiary/aromatic N) is 4. The summed E-state index contributed by atoms with van der Waals surface area (Å²) in [6.07, 6.45) is 1.40. The van der Waals surface area contributed by atoms with Gasteiger partial charge in [0.1, 0.15) is 12.4 Å². The quantitative estimate of drug-likeness (QED) is 0.789. The molecule has 0 atom stereocenters. The molecule has 2 rings (SSSR count). The van der Waals surface area contributed by atoms with Gasteiger partial charge >= 0.3 is 5.97 Å². The smallest absolute Gasteiger partial charge is 0.377 e. The van der Waals surface area contributed by atoms with Crippen LogP contribution in [0.1, 0.15) is 16.2 Å². The van der Waals surface area contributed by atoms with E-state index >= 15 is 0 Å². The van der Waals surface area contributed by atoms with E-state index in [9.17, 15) is 4.79 Å². The molecule has 0 unspecified atom stereocenters. The van der Waals surface area contributed by atoms with Crippen LogP contribution in [0.2, 0.25) is 0 Å². The molecule has 0 saturated heterocycles. The van der Waals surface area contributed by atoms with Gasteiger partial charge in [0.25, 0.3) is 5.82 Å². The Balaban J connectivity index is 2.38. The number of hydrogen-bond donors (Lipinski definition) is 0. The van der Waals surface area contributed by atoms with Crippen molar-refractivity contribution in [2.75, 3.05) is 7.11 Å². The van der Waals surface area contributed by atoms with Crippen molar-refractivity contribution >= 4 is 21.9 Å². The van der Waals surface area contributed by atoms with E-state index in [0.717, 1.165) is 0 Å². The molecule has 0 amide bonds. The number of ether oxygens (including phenoxy) is 1. The Labute approximate surface area is 111 Å². The van der Waals surface area contributed by atoms with E-state index in [4.69, 9.17) is 5.26 Å². The van der Waals surface area contributed by atoms with E-state index in [0.29, 0.717) is 15.7 Å². The van der Waals surface area contributed by atoms with Crippen molar-refractivity contribution in [3.05, 3.63) is 40.4 Å². The summed E-state index contributed by atoms with van der Waals surface area (Å²) in [5, 5.41) is 12.8. The number of hydrogen-bond acceptors (Lipinski definition) is 5. The highest BCUT2D eigenvalue weighted by Crippen LogP contribution is 2.19. The third-order valence-electron chi connectivity index (χ3n) is 2.20. The lowest BCUT2D eigenvalue weighted by atomic mass is 10.2. The van der Waals surface area contributed by atoms with Crippen molar-refractivity contribution in [2.45, 2.75) is 0 Å². The lowest BCUT2D eigenvalue weighted by Gasteiger charge is -2.01. The second-order valence-electron chi connectivity index (χ2n) is 3.28. The fourth-order valence-electron chi connectivity index (χ4n) is 1.31. The first-order valence-corrected chi connectivity index (χ1v) is 5.65. The summed E-state index contributed by atoms with van der Waals surface area (Å²) in [5.41, 5.74) is 1.20. The van der Waals surface area contributed by atoms with E-state index in [2.05, 4.69) is 30.7 Å². The van der Waals surface area contributed by atoms with Crippen molar-refractivity contribution in [2.24, 2.45) is 0 Å². The maximum Gasteiger partial charge on any atom is 0.377 e. The number of aromatic nitrogens is 3. The van der Waals surface area contributed by atoms with E-state index in [-0.39, 0.29) is 5.82 Å². The number of methoxy groups -OCH3 is 1. The van der Waals surface area contributed by atoms with Crippen LogP contribution in [0.3, 0.4) is 0 Å². The van der Waals surface area contributed by atoms with E-state index in [1.54, 1.807) is 18.2 Å². The molecule has 2 aromatic rings. The van der Waals surface area contributed by atoms with Gasteiger partial charge in [0.2, 0.25) is 0 Å². The molecule has 0 radical (unpaired) electrons. The molecule has 0 aliphatic heterocycles. The van der Waals surface area contributed by atoms with Gasteiger partial charge < -0.3 is 4.74 Å². The Hall–Kier alpha value is -2.20. The van der Waals surface area contributed by atoms with Gasteiger partial charge in [-0.05, 0) is 34.1 Å². The number of esters is 1. The van der Waals surface area contributed by atoms with Crippen LogP contribution in [0.25, 0.3) is 5.69 Å². The summed E-state index contributed by atoms with van der Waals surface area (Å²) in [4.78, 5) is 15.0. The van der Waals surface area contributed by atoms with E-state index in [1.165, 1.54) is 18.1 Å². The van der Waals surface area contributed by atoms with Crippen molar-refractivity contribution < 1.29 is 9.53 Å². The molecule has 90 valence electrons. The van der Waals surface area contributed by atoms with Crippen LogP contribution in [0, 0.1) is 11.3 Å². The van der Waals surface area contributed by atoms with Crippen LogP contribution < -0.4 is 0 Å². The zero-order valence-electron chi connectivity index (χ0n) is 9.29. The van der Waals surface area contributed by atoms with Crippen LogP contribution >= 0.6 is 15.9 Å². The molecule has 0 fully saturated rings. The SMILES string of the molecule is COC(=O)c1ncn(-c2ccc(C#N)c(Br)c2)n1. The standard InChI is InChI=1S/C11H7BrN4O2/c1-18-11(17)10-14-6-16(15-10)8-3-2-7(5-13)9(12)4-8/h2-4,6H,1H3. The molecular formula is C11H7BrN4O2. The predicted molar refractivity (Wildman–Crippen MR) is 65.1 cm³/mol. The molecule has 0 aliphatic rings. The lowest BCUT2D eigenvalue weighted by Crippen LogP contribution is -2.05. The molecule has 7 heteroatoms. The minimum absolute atomic E-state index is 0.0158. The van der Waals surface area contributed by atoms with Crippen LogP contribution in [0.15, 0.2) is 29.0 Å². The van der Waals surface area contributed by atoms with Gasteiger partial charge in [-0.25, -0.2) is 14.5 Å². The van der Waals surface area contributed by atoms with Gasteiger partial charge in [-0.3, -0.25) is 0 Å². The third-order valence-corrected chi connectivity index (χ3v) is 2.85. The second-order valence-corrected chi connectivity index (χ2v) is 4.13. The largest absolute Gasteiger partial charge is 0.463 e. The molecule has 0 aliphatic carbocycles. The normalized spacial score (nSPS) is 9.83. The fourth-order valence-corrected chi connectivity index (χ4v) is 1.76. The second kappa shape index (κ2) is 4.98. The molecular weight excluding hydrogens is 300 g/mol. The van der Waals surface area contributed by atoms with E-state index in [1.807, 2.05) is 6.07 Å². The molecule has 0 saturated carbocycles. The highest BCUT2D eigenvalue weighted by molar-refractivity contribution is 9.10. The minimum Gasteiger partial charge on any atom is -0.463 e. The van der Waals surface area contributed by atoms with Gasteiger partial charge in [-0.15, -0.1) is 5.10 Å². The summed E-state index contributed by atoms with van der Waals surface area (Å²) >= 11 is 3.28. The molecule has 18 heavy (non-hydrogen) atoms. The molecule has 0 N–H and O–H groups in total. The van der Waals surface area contributed by atoms with E-state index < -0.39 is 5.97 Å². The number of halogens is 1. The zero-order chi connectivity index (χ0) is 13.1. The zero-order valence-corrected chi connectivity index (χ0v) is 10.9. The summed E-state index contributed by atoms with van der Waals surface area (Å²) < 4.78 is 6.60. The number of benzene rings is 1. The number of carbonyl (C=O) groups is 1. The van der Waals surface area contributed by atoms with Crippen LogP contribution in [0.4, 0.5) is 0 Å². The Morgan fingerprint density at radius 2 is 2.33 bits per heavy atom. The first kappa shape index (κ1) is 12.3. The van der Waals surface area contributed by atoms with Crippen molar-refractivity contribution in [3.8, 4) is 11.8 Å². The summed E-state index contributed by atoms with van der Waals surface area (Å²) in [7, 11) is 1.27. The predicted octanol–water partition coefficient (Wildman–Crippen LogP) is 1.69. The summed E-state index contributed by atoms with van der Waals surface area (Å²) in [5.74, 6) is -0.612. The Morgan fingerprint density at radius 3 is 2.94 bits per heavy atom. The highest BCUT2D eigenvalue weighted by atomic mass is 79.9. The molecule has 0 spiro atoms. The fraction of sp³-hybridized carbons (Fsp3) is 0.0909. The molecule has 1 heterocycles. The van der Waals surface area contributed by atoms with Gasteiger partial charge in [-0.1, -0.05) is 0 Å². The molecule has 0 bridgehead atoms. The first-order valence-electron chi connectivity index (χ1n) is 4.85. The lowest BCUT2D eigenvalue weighted by molar-refractivity contribution is 0.0587.